The summed E-state index contributed by atoms with van der Waals surface area (Å²) in [5, 5.41) is 11.8. The van der Waals surface area contributed by atoms with Gasteiger partial charge in [-0.05, 0) is 38.0 Å². The van der Waals surface area contributed by atoms with Crippen LogP contribution in [0, 0.1) is 0 Å². The standard InChI is InChI=1S/C15H19N3/c1-4-13-10-11-14(18-17-13)16-15(2,3)12-8-6-5-7-9-12/h5-11H,4H2,1-3H3,(H,16,18). The summed E-state index contributed by atoms with van der Waals surface area (Å²) in [6.45, 7) is 6.35. The average Bonchev–Trinajstić information content (AvgIpc) is 2.40. The van der Waals surface area contributed by atoms with E-state index in [2.05, 4.69) is 48.4 Å². The smallest absolute Gasteiger partial charge is 0.149 e. The van der Waals surface area contributed by atoms with Crippen molar-refractivity contribution < 1.29 is 0 Å². The van der Waals surface area contributed by atoms with E-state index in [1.807, 2.05) is 30.3 Å². The van der Waals surface area contributed by atoms with Gasteiger partial charge >= 0.3 is 0 Å². The summed E-state index contributed by atoms with van der Waals surface area (Å²) < 4.78 is 0. The minimum absolute atomic E-state index is 0.163. The fraction of sp³-hybridized carbons (Fsp3) is 0.333. The van der Waals surface area contributed by atoms with Crippen LogP contribution in [0.25, 0.3) is 0 Å². The van der Waals surface area contributed by atoms with Gasteiger partial charge in [0.15, 0.2) is 0 Å². The van der Waals surface area contributed by atoms with E-state index in [9.17, 15) is 0 Å². The van der Waals surface area contributed by atoms with Gasteiger partial charge < -0.3 is 5.32 Å². The average molecular weight is 241 g/mol. The lowest BCUT2D eigenvalue weighted by Gasteiger charge is -2.27. The molecule has 3 nitrogen and oxygen atoms in total. The predicted octanol–water partition coefficient (Wildman–Crippen LogP) is 3.39. The number of aryl methyl sites for hydroxylation is 1. The number of nitrogens with zero attached hydrogens (tertiary/aromatic N) is 2. The molecule has 0 radical (unpaired) electrons. The molecule has 3 heteroatoms. The van der Waals surface area contributed by atoms with Gasteiger partial charge in [0.05, 0.1) is 11.2 Å². The molecule has 0 fully saturated rings. The maximum Gasteiger partial charge on any atom is 0.149 e. The molecular weight excluding hydrogens is 222 g/mol. The first-order valence-corrected chi connectivity index (χ1v) is 6.28. The predicted molar refractivity (Wildman–Crippen MR) is 74.5 cm³/mol. The van der Waals surface area contributed by atoms with Gasteiger partial charge in [-0.25, -0.2) is 0 Å². The fourth-order valence-corrected chi connectivity index (χ4v) is 1.86. The van der Waals surface area contributed by atoms with E-state index >= 15 is 0 Å². The van der Waals surface area contributed by atoms with Gasteiger partial charge in [-0.3, -0.25) is 0 Å². The lowest BCUT2D eigenvalue weighted by Crippen LogP contribution is -2.28. The van der Waals surface area contributed by atoms with E-state index in [4.69, 9.17) is 0 Å². The molecule has 94 valence electrons. The van der Waals surface area contributed by atoms with Gasteiger partial charge in [-0.1, -0.05) is 37.3 Å². The third-order valence-electron chi connectivity index (χ3n) is 3.02. The van der Waals surface area contributed by atoms with E-state index in [1.165, 1.54) is 5.56 Å². The van der Waals surface area contributed by atoms with Gasteiger partial charge in [-0.2, -0.15) is 5.10 Å². The maximum atomic E-state index is 4.20. The second kappa shape index (κ2) is 5.17. The highest BCUT2D eigenvalue weighted by atomic mass is 15.2. The first kappa shape index (κ1) is 12.6. The summed E-state index contributed by atoms with van der Waals surface area (Å²) in [4.78, 5) is 0. The number of benzene rings is 1. The van der Waals surface area contributed by atoms with Gasteiger partial charge in [0.2, 0.25) is 0 Å². The van der Waals surface area contributed by atoms with Gasteiger partial charge in [0.1, 0.15) is 5.82 Å². The SMILES string of the molecule is CCc1ccc(NC(C)(C)c2ccccc2)nn1. The van der Waals surface area contributed by atoms with Crippen molar-refractivity contribution >= 4 is 5.82 Å². The highest BCUT2D eigenvalue weighted by Gasteiger charge is 2.20. The molecule has 0 amide bonds. The molecule has 1 aromatic carbocycles. The zero-order valence-electron chi connectivity index (χ0n) is 11.1. The van der Waals surface area contributed by atoms with E-state index in [1.54, 1.807) is 0 Å². The van der Waals surface area contributed by atoms with Crippen LogP contribution in [-0.4, -0.2) is 10.2 Å². The summed E-state index contributed by atoms with van der Waals surface area (Å²) >= 11 is 0. The number of hydrogen-bond acceptors (Lipinski definition) is 3. The highest BCUT2D eigenvalue weighted by molar-refractivity contribution is 5.40. The van der Waals surface area contributed by atoms with Crippen LogP contribution in [0.1, 0.15) is 32.0 Å². The summed E-state index contributed by atoms with van der Waals surface area (Å²) in [6.07, 6.45) is 0.912. The molecule has 0 saturated carbocycles. The van der Waals surface area contributed by atoms with Gasteiger partial charge in [-0.15, -0.1) is 5.10 Å². The lowest BCUT2D eigenvalue weighted by atomic mass is 9.94. The van der Waals surface area contributed by atoms with Crippen LogP contribution in [0.15, 0.2) is 42.5 Å². The van der Waals surface area contributed by atoms with Crippen LogP contribution in [-0.2, 0) is 12.0 Å². The third kappa shape index (κ3) is 2.86. The van der Waals surface area contributed by atoms with Crippen molar-refractivity contribution in [3.8, 4) is 0 Å². The Kier molecular flexibility index (Phi) is 3.60. The molecule has 0 aliphatic rings. The Bertz CT molecular complexity index is 489. The topological polar surface area (TPSA) is 37.8 Å². The molecular formula is C15H19N3. The van der Waals surface area contributed by atoms with Crippen LogP contribution < -0.4 is 5.32 Å². The molecule has 2 rings (SSSR count). The molecule has 0 aliphatic carbocycles. The summed E-state index contributed by atoms with van der Waals surface area (Å²) in [5.41, 5.74) is 2.08. The third-order valence-corrected chi connectivity index (χ3v) is 3.02. The molecule has 18 heavy (non-hydrogen) atoms. The van der Waals surface area contributed by atoms with E-state index in [0.717, 1.165) is 17.9 Å². The number of hydrogen-bond donors (Lipinski definition) is 1. The highest BCUT2D eigenvalue weighted by Crippen LogP contribution is 2.23. The largest absolute Gasteiger partial charge is 0.360 e. The number of nitrogens with one attached hydrogen (secondary N) is 1. The van der Waals surface area contributed by atoms with Crippen LogP contribution in [0.3, 0.4) is 0 Å². The zero-order valence-corrected chi connectivity index (χ0v) is 11.1. The monoisotopic (exact) mass is 241 g/mol. The molecule has 0 bridgehead atoms. The van der Waals surface area contributed by atoms with E-state index in [-0.39, 0.29) is 5.54 Å². The Hall–Kier alpha value is -1.90. The normalized spacial score (nSPS) is 11.3. The van der Waals surface area contributed by atoms with Crippen molar-refractivity contribution in [1.29, 1.82) is 0 Å². The van der Waals surface area contributed by atoms with Crippen LogP contribution in [0.4, 0.5) is 5.82 Å². The van der Waals surface area contributed by atoms with Crippen molar-refractivity contribution in [3.05, 3.63) is 53.7 Å². The van der Waals surface area contributed by atoms with Gasteiger partial charge in [0, 0.05) is 0 Å². The molecule has 0 unspecified atom stereocenters. The second-order valence-electron chi connectivity index (χ2n) is 4.88. The Morgan fingerprint density at radius 1 is 1.00 bits per heavy atom. The molecule has 1 aromatic heterocycles. The summed E-state index contributed by atoms with van der Waals surface area (Å²) in [7, 11) is 0. The molecule has 0 aliphatic heterocycles. The van der Waals surface area contributed by atoms with Crippen LogP contribution in [0.2, 0.25) is 0 Å². The van der Waals surface area contributed by atoms with Crippen molar-refractivity contribution in [2.45, 2.75) is 32.7 Å². The molecule has 1 heterocycles. The Balaban J connectivity index is 2.16. The summed E-state index contributed by atoms with van der Waals surface area (Å²) in [5.74, 6) is 0.807. The first-order chi connectivity index (χ1) is 8.62. The van der Waals surface area contributed by atoms with Crippen molar-refractivity contribution in [1.82, 2.24) is 10.2 Å². The Morgan fingerprint density at radius 2 is 1.72 bits per heavy atom. The van der Waals surface area contributed by atoms with E-state index in [0.29, 0.717) is 0 Å². The number of rotatable bonds is 4. The minimum atomic E-state index is -0.163. The fourth-order valence-electron chi connectivity index (χ4n) is 1.86. The maximum absolute atomic E-state index is 4.20. The molecule has 0 spiro atoms. The number of aromatic nitrogens is 2. The Labute approximate surface area is 108 Å². The zero-order chi connectivity index (χ0) is 13.0. The molecule has 1 N–H and O–H groups in total. The molecule has 0 atom stereocenters. The lowest BCUT2D eigenvalue weighted by molar-refractivity contribution is 0.603. The van der Waals surface area contributed by atoms with Crippen LogP contribution in [0.5, 0.6) is 0 Å². The Morgan fingerprint density at radius 3 is 2.28 bits per heavy atom. The van der Waals surface area contributed by atoms with Crippen molar-refractivity contribution in [3.63, 3.8) is 0 Å². The quantitative estimate of drug-likeness (QED) is 0.891. The number of anilines is 1. The molecule has 2 aromatic rings. The van der Waals surface area contributed by atoms with Gasteiger partial charge in [0.25, 0.3) is 0 Å². The van der Waals surface area contributed by atoms with Crippen LogP contribution >= 0.6 is 0 Å². The molecule has 0 saturated heterocycles. The summed E-state index contributed by atoms with van der Waals surface area (Å²) in [6, 6.07) is 14.3. The van der Waals surface area contributed by atoms with Crippen molar-refractivity contribution in [2.24, 2.45) is 0 Å². The minimum Gasteiger partial charge on any atom is -0.360 e. The van der Waals surface area contributed by atoms with E-state index < -0.39 is 0 Å². The van der Waals surface area contributed by atoms with Crippen molar-refractivity contribution in [2.75, 3.05) is 5.32 Å². The second-order valence-corrected chi connectivity index (χ2v) is 4.88. The first-order valence-electron chi connectivity index (χ1n) is 6.28.